The second kappa shape index (κ2) is 11.9. The lowest BCUT2D eigenvalue weighted by molar-refractivity contribution is 0.668. The molecular weight excluding hydrogens is 641 g/mol. The van der Waals surface area contributed by atoms with Crippen molar-refractivity contribution in [2.75, 3.05) is 0 Å². The molecule has 6 nitrogen and oxygen atoms in total. The Labute approximate surface area is 297 Å². The third-order valence-corrected chi connectivity index (χ3v) is 9.59. The van der Waals surface area contributed by atoms with Crippen LogP contribution in [-0.2, 0) is 0 Å². The topological polar surface area (TPSA) is 88.7 Å². The van der Waals surface area contributed by atoms with Crippen molar-refractivity contribution >= 4 is 43.9 Å². The van der Waals surface area contributed by atoms with Gasteiger partial charge in [0.05, 0.1) is 17.2 Å². The van der Waals surface area contributed by atoms with Gasteiger partial charge in [-0.05, 0) is 64.7 Å². The number of para-hydroxylation sites is 2. The van der Waals surface area contributed by atoms with Gasteiger partial charge in [-0.1, -0.05) is 115 Å². The molecule has 0 spiro atoms. The summed E-state index contributed by atoms with van der Waals surface area (Å²) >= 11 is 0. The molecule has 0 N–H and O–H groups in total. The summed E-state index contributed by atoms with van der Waals surface area (Å²) in [5, 5.41) is 13.6. The fraction of sp³-hybridized carbons (Fsp3) is 0. The smallest absolute Gasteiger partial charge is 0.167 e. The first kappa shape index (κ1) is 29.5. The van der Waals surface area contributed by atoms with Crippen molar-refractivity contribution < 1.29 is 8.83 Å². The van der Waals surface area contributed by atoms with Gasteiger partial charge in [0.1, 0.15) is 22.3 Å². The lowest BCUT2D eigenvalue weighted by Crippen LogP contribution is -2.00. The van der Waals surface area contributed by atoms with E-state index in [4.69, 9.17) is 23.8 Å². The predicted molar refractivity (Wildman–Crippen MR) is 206 cm³/mol. The Morgan fingerprint density at radius 3 is 1.92 bits per heavy atom. The Hall–Kier alpha value is -7.36. The maximum atomic E-state index is 9.42. The van der Waals surface area contributed by atoms with Crippen LogP contribution >= 0.6 is 0 Å². The molecule has 0 aliphatic rings. The molecule has 0 aliphatic carbocycles. The number of aromatic nitrogens is 3. The monoisotopic (exact) mass is 666 g/mol. The minimum absolute atomic E-state index is 0.506. The van der Waals surface area contributed by atoms with Crippen LogP contribution in [0.1, 0.15) is 5.56 Å². The average molecular weight is 667 g/mol. The van der Waals surface area contributed by atoms with Crippen LogP contribution in [0, 0.1) is 11.3 Å². The fourth-order valence-corrected chi connectivity index (χ4v) is 7.08. The Balaban J connectivity index is 1.15. The maximum Gasteiger partial charge on any atom is 0.167 e. The molecule has 3 aromatic heterocycles. The van der Waals surface area contributed by atoms with Gasteiger partial charge in [0, 0.05) is 32.7 Å². The van der Waals surface area contributed by atoms with E-state index in [0.717, 1.165) is 82.8 Å². The molecule has 0 bridgehead atoms. The van der Waals surface area contributed by atoms with E-state index in [-0.39, 0.29) is 0 Å². The second-order valence-corrected chi connectivity index (χ2v) is 12.7. The number of fused-ring (bicyclic) bond motifs is 6. The van der Waals surface area contributed by atoms with E-state index in [9.17, 15) is 5.26 Å². The van der Waals surface area contributed by atoms with Gasteiger partial charge in [0.2, 0.25) is 0 Å². The molecule has 6 heteroatoms. The molecule has 3 heterocycles. The number of nitriles is 1. The maximum absolute atomic E-state index is 9.42. The first-order valence-electron chi connectivity index (χ1n) is 17.0. The van der Waals surface area contributed by atoms with Crippen LogP contribution in [0.5, 0.6) is 0 Å². The number of hydrogen-bond donors (Lipinski definition) is 0. The summed E-state index contributed by atoms with van der Waals surface area (Å²) in [4.78, 5) is 15.2. The summed E-state index contributed by atoms with van der Waals surface area (Å²) in [6.45, 7) is 0. The number of rotatable bonds is 5. The highest BCUT2D eigenvalue weighted by Crippen LogP contribution is 2.39. The van der Waals surface area contributed by atoms with E-state index >= 15 is 0 Å². The first-order valence-corrected chi connectivity index (χ1v) is 17.0. The number of furan rings is 2. The largest absolute Gasteiger partial charge is 0.456 e. The highest BCUT2D eigenvalue weighted by atomic mass is 16.3. The van der Waals surface area contributed by atoms with Crippen LogP contribution in [0.4, 0.5) is 0 Å². The van der Waals surface area contributed by atoms with Crippen molar-refractivity contribution in [1.29, 1.82) is 5.26 Å². The van der Waals surface area contributed by atoms with Crippen LogP contribution < -0.4 is 0 Å². The van der Waals surface area contributed by atoms with Crippen molar-refractivity contribution in [2.24, 2.45) is 0 Å². The molecule has 0 saturated carbocycles. The quantitative estimate of drug-likeness (QED) is 0.182. The molecule has 0 fully saturated rings. The molecule has 0 atom stereocenters. The molecule has 242 valence electrons. The number of hydrogen-bond acceptors (Lipinski definition) is 6. The molecular formula is C46H26N4O2. The summed E-state index contributed by atoms with van der Waals surface area (Å²) in [5.74, 6) is 1.55. The fourth-order valence-electron chi connectivity index (χ4n) is 7.08. The summed E-state index contributed by atoms with van der Waals surface area (Å²) in [7, 11) is 0. The highest BCUT2D eigenvalue weighted by molar-refractivity contribution is 6.13. The summed E-state index contributed by atoms with van der Waals surface area (Å²) in [6, 6.07) is 54.7. The third kappa shape index (κ3) is 4.92. The van der Waals surface area contributed by atoms with E-state index in [0.29, 0.717) is 23.0 Å². The normalized spacial score (nSPS) is 11.4. The zero-order valence-electron chi connectivity index (χ0n) is 27.6. The van der Waals surface area contributed by atoms with E-state index in [1.165, 1.54) is 0 Å². The van der Waals surface area contributed by atoms with Crippen molar-refractivity contribution in [3.63, 3.8) is 0 Å². The molecule has 0 radical (unpaired) electrons. The Morgan fingerprint density at radius 1 is 0.404 bits per heavy atom. The van der Waals surface area contributed by atoms with E-state index in [2.05, 4.69) is 60.7 Å². The van der Waals surface area contributed by atoms with Crippen LogP contribution in [0.15, 0.2) is 167 Å². The number of nitrogens with zero attached hydrogens (tertiary/aromatic N) is 4. The Morgan fingerprint density at radius 2 is 1.06 bits per heavy atom. The van der Waals surface area contributed by atoms with Crippen LogP contribution in [0.25, 0.3) is 100 Å². The molecule has 0 saturated heterocycles. The zero-order valence-corrected chi connectivity index (χ0v) is 27.6. The summed E-state index contributed by atoms with van der Waals surface area (Å²) in [6.07, 6.45) is 0. The second-order valence-electron chi connectivity index (χ2n) is 12.7. The van der Waals surface area contributed by atoms with Crippen LogP contribution in [-0.4, -0.2) is 15.0 Å². The van der Waals surface area contributed by atoms with Gasteiger partial charge >= 0.3 is 0 Å². The van der Waals surface area contributed by atoms with E-state index in [1.54, 1.807) is 6.07 Å². The molecule has 10 aromatic rings. The van der Waals surface area contributed by atoms with E-state index < -0.39 is 0 Å². The van der Waals surface area contributed by atoms with Gasteiger partial charge in [-0.2, -0.15) is 5.26 Å². The van der Waals surface area contributed by atoms with Gasteiger partial charge in [-0.15, -0.1) is 0 Å². The van der Waals surface area contributed by atoms with Gasteiger partial charge in [0.25, 0.3) is 0 Å². The van der Waals surface area contributed by atoms with Gasteiger partial charge in [-0.25, -0.2) is 15.0 Å². The van der Waals surface area contributed by atoms with E-state index in [1.807, 2.05) is 97.1 Å². The lowest BCUT2D eigenvalue weighted by atomic mass is 9.99. The third-order valence-electron chi connectivity index (χ3n) is 9.59. The molecule has 7 aromatic carbocycles. The van der Waals surface area contributed by atoms with Gasteiger partial charge in [-0.3, -0.25) is 0 Å². The van der Waals surface area contributed by atoms with Gasteiger partial charge < -0.3 is 8.83 Å². The minimum atomic E-state index is 0.506. The van der Waals surface area contributed by atoms with Crippen molar-refractivity contribution in [3.05, 3.63) is 163 Å². The van der Waals surface area contributed by atoms with Crippen LogP contribution in [0.3, 0.4) is 0 Å². The molecule has 10 rings (SSSR count). The molecule has 52 heavy (non-hydrogen) atoms. The minimum Gasteiger partial charge on any atom is -0.456 e. The zero-order chi connectivity index (χ0) is 34.6. The first-order chi connectivity index (χ1) is 25.7. The average Bonchev–Trinajstić information content (AvgIpc) is 3.79. The van der Waals surface area contributed by atoms with Crippen molar-refractivity contribution in [1.82, 2.24) is 15.0 Å². The number of benzene rings is 7. The summed E-state index contributed by atoms with van der Waals surface area (Å²) < 4.78 is 12.9. The standard InChI is InChI=1S/C46H26N4O2/c47-27-28-9-6-12-32(25-28)29-19-21-31(22-20-29)44-48-45(50-46(49-44)38-16-7-15-36-35-13-4-5-17-39(35)52-43(36)38)33-23-24-37-41(26-33)51-40-18-8-14-34(42(37)40)30-10-2-1-3-11-30/h1-26H. The highest BCUT2D eigenvalue weighted by Gasteiger charge is 2.19. The Kier molecular flexibility index (Phi) is 6.76. The lowest BCUT2D eigenvalue weighted by Gasteiger charge is -2.10. The Bertz CT molecular complexity index is 3030. The van der Waals surface area contributed by atoms with Crippen molar-refractivity contribution in [2.45, 2.75) is 0 Å². The van der Waals surface area contributed by atoms with Crippen molar-refractivity contribution in [3.8, 4) is 62.5 Å². The predicted octanol–water partition coefficient (Wildman–Crippen LogP) is 11.9. The SMILES string of the molecule is N#Cc1cccc(-c2ccc(-c3nc(-c4ccc5c(c4)oc4cccc(-c6ccccc6)c45)nc(-c4cccc5c4oc4ccccc45)n3)cc2)c1. The van der Waals surface area contributed by atoms with Crippen LogP contribution in [0.2, 0.25) is 0 Å². The van der Waals surface area contributed by atoms with Gasteiger partial charge in [0.15, 0.2) is 17.5 Å². The summed E-state index contributed by atoms with van der Waals surface area (Å²) in [5.41, 5.74) is 10.4. The molecule has 0 aliphatic heterocycles. The molecule has 0 unspecified atom stereocenters. The molecule has 0 amide bonds.